The first-order valence-electron chi connectivity index (χ1n) is 9.09. The second-order valence-electron chi connectivity index (χ2n) is 6.93. The van der Waals surface area contributed by atoms with Gasteiger partial charge in [-0.3, -0.25) is 14.4 Å². The number of amides is 3. The van der Waals surface area contributed by atoms with E-state index in [2.05, 4.69) is 5.32 Å². The van der Waals surface area contributed by atoms with Gasteiger partial charge in [-0.25, -0.2) is 0 Å². The zero-order valence-electron chi connectivity index (χ0n) is 14.8. The molecule has 3 rings (SSSR count). The average molecular weight is 359 g/mol. The number of para-hydroxylation sites is 1. The molecule has 0 atom stereocenters. The van der Waals surface area contributed by atoms with E-state index in [9.17, 15) is 14.4 Å². The number of hydrogen-bond acceptors (Lipinski definition) is 4. The Balaban J connectivity index is 1.39. The third-order valence-electron chi connectivity index (χ3n) is 5.33. The molecular weight excluding hydrogens is 334 g/mol. The molecule has 2 bridgehead atoms. The number of rotatable bonds is 8. The number of hydrogen-bond donors (Lipinski definition) is 2. The van der Waals surface area contributed by atoms with Crippen LogP contribution < -0.4 is 15.8 Å². The Bertz CT molecular complexity index is 669. The van der Waals surface area contributed by atoms with Gasteiger partial charge >= 0.3 is 0 Å². The molecule has 1 aromatic rings. The van der Waals surface area contributed by atoms with Crippen LogP contribution in [0.15, 0.2) is 30.3 Å². The van der Waals surface area contributed by atoms with Crippen molar-refractivity contribution < 1.29 is 19.1 Å². The molecule has 26 heavy (non-hydrogen) atoms. The maximum absolute atomic E-state index is 12.5. The van der Waals surface area contributed by atoms with Gasteiger partial charge < -0.3 is 20.7 Å². The molecule has 3 N–H and O–H groups in total. The van der Waals surface area contributed by atoms with Gasteiger partial charge in [0.25, 0.3) is 0 Å². The van der Waals surface area contributed by atoms with Crippen molar-refractivity contribution in [1.82, 2.24) is 10.2 Å². The largest absolute Gasteiger partial charge is 0.494 e. The Morgan fingerprint density at radius 1 is 1.19 bits per heavy atom. The van der Waals surface area contributed by atoms with Crippen LogP contribution in [-0.2, 0) is 14.4 Å². The van der Waals surface area contributed by atoms with Gasteiger partial charge in [0.1, 0.15) is 11.3 Å². The van der Waals surface area contributed by atoms with E-state index in [1.807, 2.05) is 30.3 Å². The smallest absolute Gasteiger partial charge is 0.243 e. The van der Waals surface area contributed by atoms with Crippen molar-refractivity contribution in [2.45, 2.75) is 50.1 Å². The first-order chi connectivity index (χ1) is 12.5. The van der Waals surface area contributed by atoms with Gasteiger partial charge in [-0.05, 0) is 44.2 Å². The Morgan fingerprint density at radius 2 is 1.88 bits per heavy atom. The number of nitrogens with one attached hydrogen (secondary N) is 1. The van der Waals surface area contributed by atoms with Crippen molar-refractivity contribution in [1.29, 1.82) is 0 Å². The van der Waals surface area contributed by atoms with Crippen LogP contribution in [0.3, 0.4) is 0 Å². The first-order valence-corrected chi connectivity index (χ1v) is 9.09. The molecule has 7 heteroatoms. The van der Waals surface area contributed by atoms with Crippen molar-refractivity contribution in [3.05, 3.63) is 30.3 Å². The number of nitrogens with two attached hydrogens (primary N) is 1. The van der Waals surface area contributed by atoms with Gasteiger partial charge in [-0.15, -0.1) is 0 Å². The molecule has 2 heterocycles. The summed E-state index contributed by atoms with van der Waals surface area (Å²) < 4.78 is 5.53. The topological polar surface area (TPSA) is 102 Å². The molecular formula is C19H25N3O4. The van der Waals surface area contributed by atoms with E-state index in [1.165, 1.54) is 0 Å². The highest BCUT2D eigenvalue weighted by molar-refractivity contribution is 5.93. The predicted molar refractivity (Wildman–Crippen MR) is 95.2 cm³/mol. The molecule has 2 aliphatic rings. The minimum Gasteiger partial charge on any atom is -0.494 e. The van der Waals surface area contributed by atoms with Gasteiger partial charge in [-0.2, -0.15) is 0 Å². The van der Waals surface area contributed by atoms with E-state index in [0.717, 1.165) is 18.6 Å². The van der Waals surface area contributed by atoms with E-state index in [4.69, 9.17) is 10.5 Å². The lowest BCUT2D eigenvalue weighted by molar-refractivity contribution is -0.142. The van der Waals surface area contributed by atoms with Gasteiger partial charge in [0.05, 0.1) is 13.2 Å². The number of benzene rings is 1. The summed E-state index contributed by atoms with van der Waals surface area (Å²) in [7, 11) is 0. The molecule has 0 aliphatic carbocycles. The molecule has 0 aromatic heterocycles. The number of nitrogens with zero attached hydrogens (tertiary/aromatic N) is 1. The Labute approximate surface area is 152 Å². The predicted octanol–water partition coefficient (Wildman–Crippen LogP) is 0.971. The number of carbonyl (C=O) groups is 3. The lowest BCUT2D eigenvalue weighted by Crippen LogP contribution is -2.55. The second-order valence-corrected chi connectivity index (χ2v) is 6.93. The van der Waals surface area contributed by atoms with Crippen molar-refractivity contribution in [2.24, 2.45) is 5.73 Å². The average Bonchev–Trinajstić information content (AvgIpc) is 3.21. The summed E-state index contributed by atoms with van der Waals surface area (Å²) in [5.74, 6) is -0.0908. The fraction of sp³-hybridized carbons (Fsp3) is 0.526. The van der Waals surface area contributed by atoms with Gasteiger partial charge in [0.15, 0.2) is 0 Å². The van der Waals surface area contributed by atoms with Crippen LogP contribution in [0.5, 0.6) is 5.75 Å². The van der Waals surface area contributed by atoms with E-state index < -0.39 is 11.4 Å². The Hall–Kier alpha value is -2.57. The minimum absolute atomic E-state index is 0.0752. The van der Waals surface area contributed by atoms with E-state index in [-0.39, 0.29) is 30.8 Å². The third kappa shape index (κ3) is 3.66. The Kier molecular flexibility index (Phi) is 5.44. The SMILES string of the molecule is NC(=O)C12CCC(CC1)N2C(=O)CNC(=O)CCCOc1ccccc1. The first kappa shape index (κ1) is 18.2. The lowest BCUT2D eigenvalue weighted by Gasteiger charge is -2.32. The molecule has 2 saturated heterocycles. The molecule has 0 spiro atoms. The standard InChI is InChI=1S/C19H25N3O4/c20-18(25)19-10-8-14(9-11-19)22(19)17(24)13-21-16(23)7-4-12-26-15-5-2-1-3-6-15/h1-3,5-6,14H,4,7-13H2,(H2,20,25)(H,21,23). The van der Waals surface area contributed by atoms with Crippen molar-refractivity contribution in [2.75, 3.05) is 13.2 Å². The maximum Gasteiger partial charge on any atom is 0.243 e. The van der Waals surface area contributed by atoms with Crippen LogP contribution in [-0.4, -0.2) is 47.4 Å². The zero-order chi connectivity index (χ0) is 18.6. The number of fused-ring (bicyclic) bond motifs is 2. The third-order valence-corrected chi connectivity index (χ3v) is 5.33. The van der Waals surface area contributed by atoms with Crippen LogP contribution in [0.2, 0.25) is 0 Å². The Morgan fingerprint density at radius 3 is 2.54 bits per heavy atom. The summed E-state index contributed by atoms with van der Waals surface area (Å²) in [6.07, 6.45) is 3.71. The van der Waals surface area contributed by atoms with Crippen LogP contribution in [0.1, 0.15) is 38.5 Å². The molecule has 140 valence electrons. The molecule has 0 saturated carbocycles. The summed E-state index contributed by atoms with van der Waals surface area (Å²) >= 11 is 0. The molecule has 2 aliphatic heterocycles. The summed E-state index contributed by atoms with van der Waals surface area (Å²) in [5, 5.41) is 2.65. The summed E-state index contributed by atoms with van der Waals surface area (Å²) in [6.45, 7) is 0.342. The van der Waals surface area contributed by atoms with Crippen LogP contribution in [0.4, 0.5) is 0 Å². The summed E-state index contributed by atoms with van der Waals surface area (Å²) in [6, 6.07) is 9.48. The molecule has 7 nitrogen and oxygen atoms in total. The quantitative estimate of drug-likeness (QED) is 0.675. The lowest BCUT2D eigenvalue weighted by atomic mass is 9.87. The van der Waals surface area contributed by atoms with Gasteiger partial charge in [-0.1, -0.05) is 18.2 Å². The fourth-order valence-corrected chi connectivity index (χ4v) is 4.02. The highest BCUT2D eigenvalue weighted by atomic mass is 16.5. The normalized spacial score (nSPS) is 23.7. The van der Waals surface area contributed by atoms with Crippen molar-refractivity contribution in [3.8, 4) is 5.75 Å². The van der Waals surface area contributed by atoms with Crippen LogP contribution >= 0.6 is 0 Å². The van der Waals surface area contributed by atoms with E-state index >= 15 is 0 Å². The zero-order valence-corrected chi connectivity index (χ0v) is 14.8. The summed E-state index contributed by atoms with van der Waals surface area (Å²) in [5.41, 5.74) is 4.71. The number of carbonyl (C=O) groups excluding carboxylic acids is 3. The minimum atomic E-state index is -0.837. The second kappa shape index (κ2) is 7.76. The monoisotopic (exact) mass is 359 g/mol. The van der Waals surface area contributed by atoms with Gasteiger partial charge in [0, 0.05) is 12.5 Å². The van der Waals surface area contributed by atoms with E-state index in [0.29, 0.717) is 25.9 Å². The maximum atomic E-state index is 12.5. The highest BCUT2D eigenvalue weighted by Crippen LogP contribution is 2.46. The fourth-order valence-electron chi connectivity index (χ4n) is 4.02. The number of primary amides is 1. The molecule has 1 aromatic carbocycles. The van der Waals surface area contributed by atoms with Crippen LogP contribution in [0.25, 0.3) is 0 Å². The van der Waals surface area contributed by atoms with Crippen molar-refractivity contribution >= 4 is 17.7 Å². The molecule has 2 fully saturated rings. The van der Waals surface area contributed by atoms with Gasteiger partial charge in [0.2, 0.25) is 17.7 Å². The molecule has 0 unspecified atom stereocenters. The molecule has 3 amide bonds. The van der Waals surface area contributed by atoms with Crippen LogP contribution in [0, 0.1) is 0 Å². The molecule has 0 radical (unpaired) electrons. The van der Waals surface area contributed by atoms with E-state index in [1.54, 1.807) is 4.90 Å². The summed E-state index contributed by atoms with van der Waals surface area (Å²) in [4.78, 5) is 37.9. The van der Waals surface area contributed by atoms with Crippen molar-refractivity contribution in [3.63, 3.8) is 0 Å². The highest BCUT2D eigenvalue weighted by Gasteiger charge is 2.57. The number of ether oxygens (including phenoxy) is 1.